The minimum Gasteiger partial charge on any atom is -0.481 e. The summed E-state index contributed by atoms with van der Waals surface area (Å²) in [5, 5.41) is 2.90. The number of anilines is 1. The summed E-state index contributed by atoms with van der Waals surface area (Å²) in [6.45, 7) is 7.72. The minimum absolute atomic E-state index is 0.162. The number of benzene rings is 2. The van der Waals surface area contributed by atoms with Crippen LogP contribution in [-0.4, -0.2) is 12.0 Å². The second-order valence-electron chi connectivity index (χ2n) is 5.48. The van der Waals surface area contributed by atoms with Crippen molar-refractivity contribution in [3.8, 4) is 5.75 Å². The van der Waals surface area contributed by atoms with Gasteiger partial charge in [0.1, 0.15) is 5.75 Å². The number of hydrogen-bond donors (Lipinski definition) is 1. The first-order chi connectivity index (χ1) is 10.4. The van der Waals surface area contributed by atoms with Gasteiger partial charge < -0.3 is 10.1 Å². The molecule has 0 heterocycles. The van der Waals surface area contributed by atoms with Crippen LogP contribution < -0.4 is 10.1 Å². The van der Waals surface area contributed by atoms with E-state index in [0.29, 0.717) is 0 Å². The molecular weight excluding hydrogens is 342 g/mol. The van der Waals surface area contributed by atoms with Crippen LogP contribution >= 0.6 is 15.9 Å². The van der Waals surface area contributed by atoms with E-state index in [1.54, 1.807) is 6.92 Å². The predicted molar refractivity (Wildman–Crippen MR) is 93.5 cm³/mol. The Bertz CT molecular complexity index is 697. The molecule has 2 aromatic rings. The lowest BCUT2D eigenvalue weighted by atomic mass is 10.1. The van der Waals surface area contributed by atoms with E-state index in [1.807, 2.05) is 57.2 Å². The van der Waals surface area contributed by atoms with Crippen LogP contribution in [0.5, 0.6) is 5.75 Å². The van der Waals surface area contributed by atoms with Crippen molar-refractivity contribution < 1.29 is 9.53 Å². The molecule has 0 radical (unpaired) electrons. The highest BCUT2D eigenvalue weighted by atomic mass is 79.9. The molecule has 1 N–H and O–H groups in total. The van der Waals surface area contributed by atoms with E-state index in [2.05, 4.69) is 21.2 Å². The number of carbonyl (C=O) groups is 1. The smallest absolute Gasteiger partial charge is 0.265 e. The third-order valence-corrected chi connectivity index (χ3v) is 3.94. The van der Waals surface area contributed by atoms with Gasteiger partial charge in [0.25, 0.3) is 5.91 Å². The zero-order chi connectivity index (χ0) is 16.3. The number of hydrogen-bond acceptors (Lipinski definition) is 2. The number of rotatable bonds is 4. The molecule has 0 aliphatic rings. The molecule has 4 heteroatoms. The molecule has 116 valence electrons. The maximum Gasteiger partial charge on any atom is 0.265 e. The maximum atomic E-state index is 12.3. The number of aryl methyl sites for hydroxylation is 3. The van der Waals surface area contributed by atoms with Crippen molar-refractivity contribution >= 4 is 27.5 Å². The Balaban J connectivity index is 2.05. The number of carbonyl (C=O) groups excluding carboxylic acids is 1. The summed E-state index contributed by atoms with van der Waals surface area (Å²) in [6, 6.07) is 11.7. The number of nitrogens with one attached hydrogen (secondary N) is 1. The fourth-order valence-corrected chi connectivity index (χ4v) is 2.65. The Morgan fingerprint density at radius 1 is 1.09 bits per heavy atom. The maximum absolute atomic E-state index is 12.3. The Kier molecular flexibility index (Phi) is 5.24. The van der Waals surface area contributed by atoms with Crippen LogP contribution in [0.25, 0.3) is 0 Å². The molecule has 0 aliphatic heterocycles. The van der Waals surface area contributed by atoms with Crippen LogP contribution in [0, 0.1) is 20.8 Å². The molecule has 2 rings (SSSR count). The fraction of sp³-hybridized carbons (Fsp3) is 0.278. The van der Waals surface area contributed by atoms with E-state index >= 15 is 0 Å². The lowest BCUT2D eigenvalue weighted by Gasteiger charge is -2.17. The van der Waals surface area contributed by atoms with Gasteiger partial charge in [-0.25, -0.2) is 0 Å². The molecule has 1 amide bonds. The van der Waals surface area contributed by atoms with Crippen LogP contribution in [0.4, 0.5) is 5.69 Å². The molecule has 0 aromatic heterocycles. The van der Waals surface area contributed by atoms with Crippen LogP contribution in [-0.2, 0) is 4.79 Å². The first-order valence-electron chi connectivity index (χ1n) is 7.18. The molecule has 3 nitrogen and oxygen atoms in total. The minimum atomic E-state index is -0.565. The SMILES string of the molecule is Cc1ccc(OC(C)C(=O)Nc2ccc(Br)cc2C)c(C)c1. The third-order valence-electron chi connectivity index (χ3n) is 3.45. The van der Waals surface area contributed by atoms with Crippen molar-refractivity contribution in [1.29, 1.82) is 0 Å². The molecule has 2 aromatic carbocycles. The Labute approximate surface area is 139 Å². The zero-order valence-electron chi connectivity index (χ0n) is 13.2. The van der Waals surface area contributed by atoms with E-state index < -0.39 is 6.10 Å². The van der Waals surface area contributed by atoms with Crippen LogP contribution in [0.2, 0.25) is 0 Å². The number of halogens is 1. The van der Waals surface area contributed by atoms with Gasteiger partial charge in [-0.15, -0.1) is 0 Å². The van der Waals surface area contributed by atoms with E-state index in [4.69, 9.17) is 4.74 Å². The van der Waals surface area contributed by atoms with E-state index in [-0.39, 0.29) is 5.91 Å². The first-order valence-corrected chi connectivity index (χ1v) is 7.97. The van der Waals surface area contributed by atoms with E-state index in [1.165, 1.54) is 5.56 Å². The van der Waals surface area contributed by atoms with Crippen LogP contribution in [0.1, 0.15) is 23.6 Å². The normalized spacial score (nSPS) is 11.9. The number of ether oxygens (including phenoxy) is 1. The van der Waals surface area contributed by atoms with Crippen molar-refractivity contribution in [1.82, 2.24) is 0 Å². The summed E-state index contributed by atoms with van der Waals surface area (Å²) >= 11 is 3.41. The summed E-state index contributed by atoms with van der Waals surface area (Å²) < 4.78 is 6.76. The molecule has 1 atom stereocenters. The lowest BCUT2D eigenvalue weighted by molar-refractivity contribution is -0.122. The highest BCUT2D eigenvalue weighted by Crippen LogP contribution is 2.22. The topological polar surface area (TPSA) is 38.3 Å². The molecule has 1 unspecified atom stereocenters. The van der Waals surface area contributed by atoms with Gasteiger partial charge in [0.15, 0.2) is 6.10 Å². The van der Waals surface area contributed by atoms with E-state index in [9.17, 15) is 4.79 Å². The number of amides is 1. The highest BCUT2D eigenvalue weighted by molar-refractivity contribution is 9.10. The summed E-state index contributed by atoms with van der Waals surface area (Å²) in [7, 11) is 0. The summed E-state index contributed by atoms with van der Waals surface area (Å²) in [5.74, 6) is 0.575. The Morgan fingerprint density at radius 2 is 1.82 bits per heavy atom. The quantitative estimate of drug-likeness (QED) is 0.850. The lowest BCUT2D eigenvalue weighted by Crippen LogP contribution is -2.30. The first kappa shape index (κ1) is 16.6. The van der Waals surface area contributed by atoms with Crippen molar-refractivity contribution in [2.24, 2.45) is 0 Å². The fourth-order valence-electron chi connectivity index (χ4n) is 2.18. The molecule has 0 saturated heterocycles. The molecular formula is C18H20BrNO2. The molecule has 22 heavy (non-hydrogen) atoms. The molecule has 0 spiro atoms. The van der Waals surface area contributed by atoms with Gasteiger partial charge in [-0.3, -0.25) is 4.79 Å². The van der Waals surface area contributed by atoms with Gasteiger partial charge in [0.2, 0.25) is 0 Å². The van der Waals surface area contributed by atoms with Crippen molar-refractivity contribution in [2.75, 3.05) is 5.32 Å². The van der Waals surface area contributed by atoms with Gasteiger partial charge in [0, 0.05) is 10.2 Å². The largest absolute Gasteiger partial charge is 0.481 e. The summed E-state index contributed by atoms with van der Waals surface area (Å²) in [4.78, 5) is 12.3. The van der Waals surface area contributed by atoms with Crippen molar-refractivity contribution in [3.05, 3.63) is 57.6 Å². The molecule has 0 fully saturated rings. The Hall–Kier alpha value is -1.81. The summed E-state index contributed by atoms with van der Waals surface area (Å²) in [5.41, 5.74) is 4.00. The van der Waals surface area contributed by atoms with Crippen molar-refractivity contribution in [3.63, 3.8) is 0 Å². The van der Waals surface area contributed by atoms with Crippen LogP contribution in [0.15, 0.2) is 40.9 Å². The third kappa shape index (κ3) is 4.10. The predicted octanol–water partition coefficient (Wildman–Crippen LogP) is 4.78. The monoisotopic (exact) mass is 361 g/mol. The average Bonchev–Trinajstić information content (AvgIpc) is 2.44. The zero-order valence-corrected chi connectivity index (χ0v) is 14.8. The van der Waals surface area contributed by atoms with Gasteiger partial charge in [0.05, 0.1) is 0 Å². The molecule has 0 aliphatic carbocycles. The standard InChI is InChI=1S/C18H20BrNO2/c1-11-5-8-17(13(3)9-11)22-14(4)18(21)20-16-7-6-15(19)10-12(16)2/h5-10,14H,1-4H3,(H,20,21). The second-order valence-corrected chi connectivity index (χ2v) is 6.39. The van der Waals surface area contributed by atoms with E-state index in [0.717, 1.165) is 27.0 Å². The van der Waals surface area contributed by atoms with Gasteiger partial charge in [-0.1, -0.05) is 33.6 Å². The van der Waals surface area contributed by atoms with Crippen molar-refractivity contribution in [2.45, 2.75) is 33.8 Å². The summed E-state index contributed by atoms with van der Waals surface area (Å²) in [6.07, 6.45) is -0.565. The van der Waals surface area contributed by atoms with Gasteiger partial charge in [-0.05, 0) is 63.1 Å². The highest BCUT2D eigenvalue weighted by Gasteiger charge is 2.16. The van der Waals surface area contributed by atoms with Gasteiger partial charge in [-0.2, -0.15) is 0 Å². The second kappa shape index (κ2) is 6.97. The van der Waals surface area contributed by atoms with Gasteiger partial charge >= 0.3 is 0 Å². The van der Waals surface area contributed by atoms with Crippen LogP contribution in [0.3, 0.4) is 0 Å². The Morgan fingerprint density at radius 3 is 2.45 bits per heavy atom. The molecule has 0 saturated carbocycles. The average molecular weight is 362 g/mol. The molecule has 0 bridgehead atoms.